The monoisotopic (exact) mass is 192 g/mol. The Kier molecular flexibility index (Phi) is 1.96. The van der Waals surface area contributed by atoms with Gasteiger partial charge in [0.15, 0.2) is 6.10 Å². The molecule has 1 aliphatic heterocycles. The van der Waals surface area contributed by atoms with E-state index < -0.39 is 11.5 Å². The summed E-state index contributed by atoms with van der Waals surface area (Å²) in [6.07, 6.45) is 4.70. The molecule has 0 spiro atoms. The minimum atomic E-state index is -1.24. The fourth-order valence-corrected chi connectivity index (χ4v) is 1.42. The van der Waals surface area contributed by atoms with Gasteiger partial charge in [-0.05, 0) is 18.2 Å². The van der Waals surface area contributed by atoms with Crippen molar-refractivity contribution in [3.05, 3.63) is 36.5 Å². The molecule has 0 bridgehead atoms. The molecule has 0 saturated carbocycles. The number of furan rings is 1. The summed E-state index contributed by atoms with van der Waals surface area (Å²) in [6, 6.07) is 3.34. The molecule has 0 unspecified atom stereocenters. The molecule has 1 aromatic heterocycles. The second-order valence-electron chi connectivity index (χ2n) is 3.07. The van der Waals surface area contributed by atoms with E-state index in [9.17, 15) is 9.59 Å². The van der Waals surface area contributed by atoms with E-state index in [-0.39, 0.29) is 0 Å². The molecule has 0 fully saturated rings. The van der Waals surface area contributed by atoms with Gasteiger partial charge in [-0.15, -0.1) is 0 Å². The lowest BCUT2D eigenvalue weighted by Crippen LogP contribution is -2.27. The molecule has 14 heavy (non-hydrogen) atoms. The van der Waals surface area contributed by atoms with E-state index in [1.54, 1.807) is 12.1 Å². The topological polar surface area (TPSA) is 56.5 Å². The Bertz CT molecular complexity index is 355. The summed E-state index contributed by atoms with van der Waals surface area (Å²) in [5, 5.41) is 0. The van der Waals surface area contributed by atoms with Crippen LogP contribution in [0.25, 0.3) is 0 Å². The Labute approximate surface area is 80.2 Å². The maximum absolute atomic E-state index is 10.9. The molecule has 0 aromatic carbocycles. The molecule has 1 aromatic rings. The molecular weight excluding hydrogens is 184 g/mol. The number of hydrogen-bond acceptors (Lipinski definition) is 4. The first-order chi connectivity index (χ1) is 6.82. The van der Waals surface area contributed by atoms with Crippen LogP contribution in [0, 0.1) is 5.41 Å². The van der Waals surface area contributed by atoms with E-state index in [0.29, 0.717) is 18.3 Å². The summed E-state index contributed by atoms with van der Waals surface area (Å²) in [7, 11) is 0. The van der Waals surface area contributed by atoms with Crippen molar-refractivity contribution in [2.45, 2.75) is 6.10 Å². The van der Waals surface area contributed by atoms with Crippen LogP contribution in [0.2, 0.25) is 0 Å². The number of carbonyl (C=O) groups excluding carboxylic acids is 2. The number of hydrogen-bond donors (Lipinski definition) is 0. The van der Waals surface area contributed by atoms with Gasteiger partial charge >= 0.3 is 0 Å². The fourth-order valence-electron chi connectivity index (χ4n) is 1.42. The SMILES string of the molecule is O=CC1(C=O)C=CO[C@H]1c1ccco1. The number of carbonyl (C=O) groups is 2. The van der Waals surface area contributed by atoms with Crippen LogP contribution in [0.5, 0.6) is 0 Å². The van der Waals surface area contributed by atoms with Gasteiger partial charge in [-0.25, -0.2) is 0 Å². The molecule has 72 valence electrons. The summed E-state index contributed by atoms with van der Waals surface area (Å²) in [4.78, 5) is 21.7. The van der Waals surface area contributed by atoms with Crippen LogP contribution in [-0.4, -0.2) is 12.6 Å². The molecule has 2 rings (SSSR count). The molecule has 0 N–H and O–H groups in total. The van der Waals surface area contributed by atoms with Gasteiger partial charge in [-0.2, -0.15) is 0 Å². The minimum Gasteiger partial charge on any atom is -0.489 e. The first-order valence-electron chi connectivity index (χ1n) is 4.11. The lowest BCUT2D eigenvalue weighted by atomic mass is 9.85. The molecule has 1 aliphatic rings. The quantitative estimate of drug-likeness (QED) is 0.534. The van der Waals surface area contributed by atoms with Gasteiger partial charge in [0.2, 0.25) is 0 Å². The van der Waals surface area contributed by atoms with Crippen molar-refractivity contribution < 1.29 is 18.7 Å². The summed E-state index contributed by atoms with van der Waals surface area (Å²) in [5.41, 5.74) is -1.24. The highest BCUT2D eigenvalue weighted by Gasteiger charge is 2.44. The van der Waals surface area contributed by atoms with Crippen LogP contribution in [0.3, 0.4) is 0 Å². The molecule has 0 radical (unpaired) electrons. The minimum absolute atomic E-state index is 0.467. The zero-order valence-corrected chi connectivity index (χ0v) is 7.25. The predicted molar refractivity (Wildman–Crippen MR) is 46.2 cm³/mol. The van der Waals surface area contributed by atoms with Crippen LogP contribution in [0.15, 0.2) is 35.2 Å². The molecule has 0 saturated heterocycles. The number of rotatable bonds is 3. The van der Waals surface area contributed by atoms with Crippen molar-refractivity contribution >= 4 is 12.6 Å². The van der Waals surface area contributed by atoms with E-state index in [0.717, 1.165) is 0 Å². The smallest absolute Gasteiger partial charge is 0.178 e. The van der Waals surface area contributed by atoms with E-state index >= 15 is 0 Å². The number of ether oxygens (including phenoxy) is 1. The van der Waals surface area contributed by atoms with Gasteiger partial charge in [0.05, 0.1) is 12.5 Å². The van der Waals surface area contributed by atoms with E-state index in [1.807, 2.05) is 0 Å². The third kappa shape index (κ3) is 1.08. The normalized spacial score (nSPS) is 23.0. The number of aldehydes is 2. The van der Waals surface area contributed by atoms with Crippen molar-refractivity contribution in [2.75, 3.05) is 0 Å². The van der Waals surface area contributed by atoms with Crippen LogP contribution in [0.4, 0.5) is 0 Å². The van der Waals surface area contributed by atoms with Crippen LogP contribution in [0.1, 0.15) is 11.9 Å². The van der Waals surface area contributed by atoms with E-state index in [4.69, 9.17) is 9.15 Å². The molecule has 4 heteroatoms. The highest BCUT2D eigenvalue weighted by atomic mass is 16.5. The van der Waals surface area contributed by atoms with Crippen molar-refractivity contribution in [3.63, 3.8) is 0 Å². The van der Waals surface area contributed by atoms with Crippen LogP contribution < -0.4 is 0 Å². The Hall–Kier alpha value is -1.84. The Morgan fingerprint density at radius 1 is 1.36 bits per heavy atom. The van der Waals surface area contributed by atoms with Crippen molar-refractivity contribution in [3.8, 4) is 0 Å². The summed E-state index contributed by atoms with van der Waals surface area (Å²) >= 11 is 0. The average Bonchev–Trinajstić information content (AvgIpc) is 2.86. The van der Waals surface area contributed by atoms with E-state index in [2.05, 4.69) is 0 Å². The maximum Gasteiger partial charge on any atom is 0.178 e. The zero-order chi connectivity index (χ0) is 10.0. The van der Waals surface area contributed by atoms with Crippen LogP contribution >= 0.6 is 0 Å². The zero-order valence-electron chi connectivity index (χ0n) is 7.25. The van der Waals surface area contributed by atoms with Gasteiger partial charge in [0.25, 0.3) is 0 Å². The fraction of sp³-hybridized carbons (Fsp3) is 0.200. The second kappa shape index (κ2) is 3.14. The first-order valence-corrected chi connectivity index (χ1v) is 4.11. The van der Waals surface area contributed by atoms with Gasteiger partial charge in [0, 0.05) is 0 Å². The molecule has 4 nitrogen and oxygen atoms in total. The third-order valence-electron chi connectivity index (χ3n) is 2.24. The highest BCUT2D eigenvalue weighted by molar-refractivity contribution is 5.88. The van der Waals surface area contributed by atoms with Gasteiger partial charge < -0.3 is 18.7 Å². The Morgan fingerprint density at radius 2 is 2.14 bits per heavy atom. The average molecular weight is 192 g/mol. The largest absolute Gasteiger partial charge is 0.489 e. The van der Waals surface area contributed by atoms with Gasteiger partial charge in [0.1, 0.15) is 23.7 Å². The highest BCUT2D eigenvalue weighted by Crippen LogP contribution is 2.40. The summed E-state index contributed by atoms with van der Waals surface area (Å²) in [5.74, 6) is 0.467. The first kappa shape index (κ1) is 8.74. The molecule has 0 amide bonds. The maximum atomic E-state index is 10.9. The lowest BCUT2D eigenvalue weighted by molar-refractivity contribution is -0.128. The Morgan fingerprint density at radius 3 is 2.71 bits per heavy atom. The van der Waals surface area contributed by atoms with Crippen LogP contribution in [-0.2, 0) is 14.3 Å². The van der Waals surface area contributed by atoms with E-state index in [1.165, 1.54) is 18.6 Å². The predicted octanol–water partition coefficient (Wildman–Crippen LogP) is 1.25. The summed E-state index contributed by atoms with van der Waals surface area (Å²) in [6.45, 7) is 0. The third-order valence-corrected chi connectivity index (χ3v) is 2.24. The van der Waals surface area contributed by atoms with Gasteiger partial charge in [-0.1, -0.05) is 0 Å². The van der Waals surface area contributed by atoms with Crippen molar-refractivity contribution in [1.29, 1.82) is 0 Å². The molecule has 0 aliphatic carbocycles. The molecular formula is C10H8O4. The molecule has 1 atom stereocenters. The van der Waals surface area contributed by atoms with Crippen molar-refractivity contribution in [1.82, 2.24) is 0 Å². The Balaban J connectivity index is 2.38. The van der Waals surface area contributed by atoms with Gasteiger partial charge in [-0.3, -0.25) is 0 Å². The second-order valence-corrected chi connectivity index (χ2v) is 3.07. The standard InChI is InChI=1S/C10H8O4/c11-6-10(7-12)3-5-14-9(10)8-2-1-4-13-8/h1-7,9H/t9-/m0/s1. The lowest BCUT2D eigenvalue weighted by Gasteiger charge is -2.19. The molecule has 2 heterocycles. The van der Waals surface area contributed by atoms with Crippen molar-refractivity contribution in [2.24, 2.45) is 5.41 Å². The summed E-state index contributed by atoms with van der Waals surface area (Å²) < 4.78 is 10.3.